The molecule has 3 rings (SSSR count). The van der Waals surface area contributed by atoms with E-state index in [1.54, 1.807) is 6.07 Å². The average Bonchev–Trinajstić information content (AvgIpc) is 3.04. The molecule has 1 unspecified atom stereocenters. The van der Waals surface area contributed by atoms with Crippen molar-refractivity contribution in [2.24, 2.45) is 0 Å². The van der Waals surface area contributed by atoms with Crippen LogP contribution in [0.15, 0.2) is 24.3 Å². The van der Waals surface area contributed by atoms with Gasteiger partial charge in [-0.15, -0.1) is 0 Å². The van der Waals surface area contributed by atoms with E-state index < -0.39 is 5.97 Å². The minimum Gasteiger partial charge on any atom is -0.477 e. The van der Waals surface area contributed by atoms with Gasteiger partial charge in [0, 0.05) is 17.4 Å². The molecule has 0 amide bonds. The number of carboxylic acid groups (broad SMARTS) is 1. The van der Waals surface area contributed by atoms with Crippen LogP contribution < -0.4 is 0 Å². The molecule has 1 aromatic carbocycles. The standard InChI is InChI=1S/C15H15N3O2/c16-4-6-18-5-3-11(9-18)10-1-2-13-12(7-10)8-14(17-13)15(19)20/h1-2,7-8,11,17H,3,5-6,9H2,(H,19,20). The predicted octanol–water partition coefficient (Wildman–Crippen LogP) is 2.18. The second kappa shape index (κ2) is 4.99. The Labute approximate surface area is 116 Å². The van der Waals surface area contributed by atoms with Crippen LogP contribution in [0.4, 0.5) is 0 Å². The van der Waals surface area contributed by atoms with Gasteiger partial charge < -0.3 is 10.1 Å². The van der Waals surface area contributed by atoms with Crippen molar-refractivity contribution in [3.63, 3.8) is 0 Å². The van der Waals surface area contributed by atoms with Crippen molar-refractivity contribution in [2.75, 3.05) is 19.6 Å². The number of aromatic amines is 1. The van der Waals surface area contributed by atoms with E-state index in [0.29, 0.717) is 12.5 Å². The SMILES string of the molecule is N#CCN1CCC(c2ccc3[nH]c(C(=O)O)cc3c2)C1. The van der Waals surface area contributed by atoms with Gasteiger partial charge in [-0.1, -0.05) is 6.07 Å². The Hall–Kier alpha value is -2.32. The van der Waals surface area contributed by atoms with Crippen LogP contribution in [-0.2, 0) is 0 Å². The first-order valence-corrected chi connectivity index (χ1v) is 6.62. The monoisotopic (exact) mass is 269 g/mol. The highest BCUT2D eigenvalue weighted by Gasteiger charge is 2.23. The molecule has 5 nitrogen and oxygen atoms in total. The van der Waals surface area contributed by atoms with E-state index in [2.05, 4.69) is 22.0 Å². The lowest BCUT2D eigenvalue weighted by Crippen LogP contribution is -2.20. The Bertz CT molecular complexity index is 699. The van der Waals surface area contributed by atoms with Gasteiger partial charge in [-0.2, -0.15) is 5.26 Å². The molecule has 2 heterocycles. The van der Waals surface area contributed by atoms with Crippen molar-refractivity contribution >= 4 is 16.9 Å². The van der Waals surface area contributed by atoms with E-state index in [9.17, 15) is 4.79 Å². The van der Waals surface area contributed by atoms with Crippen LogP contribution in [0, 0.1) is 11.3 Å². The third kappa shape index (κ3) is 2.26. The molecule has 0 bridgehead atoms. The van der Waals surface area contributed by atoms with Crippen molar-refractivity contribution in [2.45, 2.75) is 12.3 Å². The van der Waals surface area contributed by atoms with E-state index in [4.69, 9.17) is 10.4 Å². The summed E-state index contributed by atoms with van der Waals surface area (Å²) in [6.45, 7) is 2.32. The zero-order valence-electron chi connectivity index (χ0n) is 11.0. The molecule has 0 saturated carbocycles. The summed E-state index contributed by atoms with van der Waals surface area (Å²) in [6, 6.07) is 9.89. The van der Waals surface area contributed by atoms with Gasteiger partial charge in [0.2, 0.25) is 0 Å². The zero-order chi connectivity index (χ0) is 14.1. The first-order chi connectivity index (χ1) is 9.67. The maximum absolute atomic E-state index is 11.0. The topological polar surface area (TPSA) is 80.1 Å². The molecule has 0 spiro atoms. The lowest BCUT2D eigenvalue weighted by molar-refractivity contribution is 0.0691. The number of hydrogen-bond acceptors (Lipinski definition) is 3. The number of benzene rings is 1. The molecule has 1 atom stereocenters. The first-order valence-electron chi connectivity index (χ1n) is 6.62. The van der Waals surface area contributed by atoms with Crippen molar-refractivity contribution in [3.05, 3.63) is 35.5 Å². The normalized spacial score (nSPS) is 19.2. The van der Waals surface area contributed by atoms with E-state index in [-0.39, 0.29) is 5.69 Å². The van der Waals surface area contributed by atoms with Gasteiger partial charge in [0.25, 0.3) is 0 Å². The number of rotatable bonds is 3. The van der Waals surface area contributed by atoms with Crippen LogP contribution >= 0.6 is 0 Å². The molecule has 1 aromatic heterocycles. The van der Waals surface area contributed by atoms with E-state index in [1.165, 1.54) is 5.56 Å². The molecule has 0 aliphatic carbocycles. The Morgan fingerprint density at radius 2 is 2.35 bits per heavy atom. The molecule has 1 fully saturated rings. The number of likely N-dealkylation sites (tertiary alicyclic amines) is 1. The van der Waals surface area contributed by atoms with Crippen LogP contribution in [0.5, 0.6) is 0 Å². The molecule has 1 saturated heterocycles. The van der Waals surface area contributed by atoms with Gasteiger partial charge in [-0.05, 0) is 42.6 Å². The van der Waals surface area contributed by atoms with Crippen LogP contribution in [0.25, 0.3) is 10.9 Å². The number of nitrogens with one attached hydrogen (secondary N) is 1. The molecule has 2 aromatic rings. The van der Waals surface area contributed by atoms with Crippen molar-refractivity contribution in [3.8, 4) is 6.07 Å². The fraction of sp³-hybridized carbons (Fsp3) is 0.333. The highest BCUT2D eigenvalue weighted by atomic mass is 16.4. The highest BCUT2D eigenvalue weighted by molar-refractivity contribution is 5.93. The van der Waals surface area contributed by atoms with E-state index >= 15 is 0 Å². The van der Waals surface area contributed by atoms with E-state index in [0.717, 1.165) is 30.4 Å². The van der Waals surface area contributed by atoms with E-state index in [1.807, 2.05) is 12.1 Å². The number of H-pyrrole nitrogens is 1. The summed E-state index contributed by atoms with van der Waals surface area (Å²) in [7, 11) is 0. The first kappa shape index (κ1) is 12.7. The maximum atomic E-state index is 11.0. The molecule has 20 heavy (non-hydrogen) atoms. The largest absolute Gasteiger partial charge is 0.477 e. The fourth-order valence-corrected chi connectivity index (χ4v) is 2.87. The summed E-state index contributed by atoms with van der Waals surface area (Å²) >= 11 is 0. The predicted molar refractivity (Wildman–Crippen MR) is 74.7 cm³/mol. The average molecular weight is 269 g/mol. The van der Waals surface area contributed by atoms with Crippen molar-refractivity contribution in [1.29, 1.82) is 5.26 Å². The molecule has 2 N–H and O–H groups in total. The second-order valence-electron chi connectivity index (χ2n) is 5.21. The van der Waals surface area contributed by atoms with Gasteiger partial charge in [0.15, 0.2) is 0 Å². The van der Waals surface area contributed by atoms with Crippen LogP contribution in [0.1, 0.15) is 28.4 Å². The third-order valence-electron chi connectivity index (χ3n) is 3.91. The van der Waals surface area contributed by atoms with Crippen LogP contribution in [-0.4, -0.2) is 40.6 Å². The number of hydrogen-bond donors (Lipinski definition) is 2. The number of nitriles is 1. The third-order valence-corrected chi connectivity index (χ3v) is 3.91. The number of aromatic nitrogens is 1. The lowest BCUT2D eigenvalue weighted by Gasteiger charge is -2.12. The summed E-state index contributed by atoms with van der Waals surface area (Å²) in [5, 5.41) is 18.6. The van der Waals surface area contributed by atoms with Gasteiger partial charge in [-0.25, -0.2) is 4.79 Å². The Morgan fingerprint density at radius 1 is 1.50 bits per heavy atom. The minimum atomic E-state index is -0.941. The van der Waals surface area contributed by atoms with Gasteiger partial charge in [0.1, 0.15) is 5.69 Å². The Balaban J connectivity index is 1.86. The van der Waals surface area contributed by atoms with Crippen molar-refractivity contribution < 1.29 is 9.90 Å². The fourth-order valence-electron chi connectivity index (χ4n) is 2.87. The highest BCUT2D eigenvalue weighted by Crippen LogP contribution is 2.29. The number of nitrogens with zero attached hydrogens (tertiary/aromatic N) is 2. The van der Waals surface area contributed by atoms with Crippen molar-refractivity contribution in [1.82, 2.24) is 9.88 Å². The van der Waals surface area contributed by atoms with Crippen LogP contribution in [0.3, 0.4) is 0 Å². The second-order valence-corrected chi connectivity index (χ2v) is 5.21. The lowest BCUT2D eigenvalue weighted by atomic mass is 9.97. The number of carbonyl (C=O) groups is 1. The summed E-state index contributed by atoms with van der Waals surface area (Å²) in [5.41, 5.74) is 2.28. The summed E-state index contributed by atoms with van der Waals surface area (Å²) in [4.78, 5) is 16.0. The van der Waals surface area contributed by atoms with Gasteiger partial charge in [-0.3, -0.25) is 4.90 Å². The molecular weight excluding hydrogens is 254 g/mol. The molecule has 102 valence electrons. The number of fused-ring (bicyclic) bond motifs is 1. The summed E-state index contributed by atoms with van der Waals surface area (Å²) in [5.74, 6) is -0.514. The molecule has 0 radical (unpaired) electrons. The molecule has 1 aliphatic heterocycles. The maximum Gasteiger partial charge on any atom is 0.352 e. The Kier molecular flexibility index (Phi) is 3.17. The quantitative estimate of drug-likeness (QED) is 0.837. The number of aromatic carboxylic acids is 1. The summed E-state index contributed by atoms with van der Waals surface area (Å²) in [6.07, 6.45) is 1.05. The van der Waals surface area contributed by atoms with Crippen LogP contribution in [0.2, 0.25) is 0 Å². The molecule has 5 heteroatoms. The summed E-state index contributed by atoms with van der Waals surface area (Å²) < 4.78 is 0. The zero-order valence-corrected chi connectivity index (χ0v) is 11.0. The van der Waals surface area contributed by atoms with Gasteiger partial charge >= 0.3 is 5.97 Å². The smallest absolute Gasteiger partial charge is 0.352 e. The van der Waals surface area contributed by atoms with Gasteiger partial charge in [0.05, 0.1) is 12.6 Å². The minimum absolute atomic E-state index is 0.217. The molecular formula is C15H15N3O2. The molecule has 1 aliphatic rings. The Morgan fingerprint density at radius 3 is 3.10 bits per heavy atom. The number of carboxylic acids is 1.